The van der Waals surface area contributed by atoms with Crippen LogP contribution in [0.25, 0.3) is 34.2 Å². The van der Waals surface area contributed by atoms with Gasteiger partial charge in [0.2, 0.25) is 0 Å². The molecule has 4 rings (SSSR count). The van der Waals surface area contributed by atoms with Crippen LogP contribution < -0.4 is 15.8 Å². The molecule has 1 aliphatic heterocycles. The van der Waals surface area contributed by atoms with Crippen LogP contribution in [-0.2, 0) is 11.4 Å². The SMILES string of the molecule is O=C1C=c2cc(C(=O)O)c3ccc(-c4cccc(CO)c4)cc3c2=C[N]1. The number of carbonyl (C=O) groups excluding carboxylic acids is 1. The van der Waals surface area contributed by atoms with Crippen LogP contribution >= 0.6 is 0 Å². The highest BCUT2D eigenvalue weighted by Gasteiger charge is 2.14. The second kappa shape index (κ2) is 6.13. The van der Waals surface area contributed by atoms with E-state index in [1.54, 1.807) is 6.07 Å². The predicted molar refractivity (Wildman–Crippen MR) is 97.6 cm³/mol. The zero-order valence-electron chi connectivity index (χ0n) is 13.6. The summed E-state index contributed by atoms with van der Waals surface area (Å²) in [5, 5.41) is 25.3. The molecular formula is C21H14NO4. The van der Waals surface area contributed by atoms with Gasteiger partial charge < -0.3 is 10.2 Å². The van der Waals surface area contributed by atoms with Crippen molar-refractivity contribution in [3.05, 3.63) is 70.1 Å². The minimum absolute atomic E-state index is 0.0519. The molecule has 0 unspecified atom stereocenters. The number of rotatable bonds is 3. The van der Waals surface area contributed by atoms with Crippen molar-refractivity contribution in [1.82, 2.24) is 5.32 Å². The van der Waals surface area contributed by atoms with Crippen LogP contribution in [0.15, 0.2) is 48.5 Å². The van der Waals surface area contributed by atoms with Crippen LogP contribution in [0.5, 0.6) is 0 Å². The van der Waals surface area contributed by atoms with Gasteiger partial charge in [-0.1, -0.05) is 30.3 Å². The summed E-state index contributed by atoms with van der Waals surface area (Å²) < 4.78 is 0. The van der Waals surface area contributed by atoms with Crippen LogP contribution in [0.1, 0.15) is 15.9 Å². The highest BCUT2D eigenvalue weighted by atomic mass is 16.4. The zero-order valence-corrected chi connectivity index (χ0v) is 13.6. The number of hydrogen-bond acceptors (Lipinski definition) is 3. The number of benzene rings is 3. The van der Waals surface area contributed by atoms with Gasteiger partial charge in [-0.15, -0.1) is 0 Å². The van der Waals surface area contributed by atoms with Crippen molar-refractivity contribution in [2.75, 3.05) is 0 Å². The fourth-order valence-corrected chi connectivity index (χ4v) is 3.24. The fourth-order valence-electron chi connectivity index (χ4n) is 3.24. The molecule has 1 radical (unpaired) electrons. The van der Waals surface area contributed by atoms with E-state index in [1.165, 1.54) is 18.3 Å². The molecule has 3 aromatic rings. The molecule has 0 atom stereocenters. The van der Waals surface area contributed by atoms with Crippen molar-refractivity contribution in [2.45, 2.75) is 6.61 Å². The Balaban J connectivity index is 2.05. The van der Waals surface area contributed by atoms with Crippen molar-refractivity contribution in [2.24, 2.45) is 0 Å². The quantitative estimate of drug-likeness (QED) is 0.751. The lowest BCUT2D eigenvalue weighted by Gasteiger charge is -2.10. The molecule has 0 spiro atoms. The highest BCUT2D eigenvalue weighted by Crippen LogP contribution is 2.25. The standard InChI is InChI=1S/C21H14NO4/c23-11-12-2-1-3-13(6-12)14-4-5-16-17(7-14)19-10-22-20(24)9-15(19)8-18(16)21(25)26/h1-10,23H,11H2,(H,25,26). The minimum atomic E-state index is -1.05. The van der Waals surface area contributed by atoms with E-state index < -0.39 is 11.9 Å². The average molecular weight is 344 g/mol. The molecule has 3 aromatic carbocycles. The van der Waals surface area contributed by atoms with Crippen molar-refractivity contribution >= 4 is 34.9 Å². The number of carboxylic acids is 1. The number of amides is 1. The predicted octanol–water partition coefficient (Wildman–Crippen LogP) is 1.36. The summed E-state index contributed by atoms with van der Waals surface area (Å²) in [6.45, 7) is -0.0519. The van der Waals surface area contributed by atoms with Gasteiger partial charge in [-0.2, -0.15) is 0 Å². The molecule has 26 heavy (non-hydrogen) atoms. The zero-order chi connectivity index (χ0) is 18.3. The number of aromatic carboxylic acids is 1. The van der Waals surface area contributed by atoms with E-state index in [4.69, 9.17) is 0 Å². The van der Waals surface area contributed by atoms with Gasteiger partial charge in [-0.25, -0.2) is 10.1 Å². The van der Waals surface area contributed by atoms with Crippen molar-refractivity contribution in [1.29, 1.82) is 0 Å². The third-order valence-corrected chi connectivity index (χ3v) is 4.48. The van der Waals surface area contributed by atoms with Crippen LogP contribution in [0.3, 0.4) is 0 Å². The lowest BCUT2D eigenvalue weighted by atomic mass is 9.95. The summed E-state index contributed by atoms with van der Waals surface area (Å²) in [6.07, 6.45) is 2.83. The van der Waals surface area contributed by atoms with Crippen LogP contribution in [-0.4, -0.2) is 22.1 Å². The summed E-state index contributed by atoms with van der Waals surface area (Å²) in [5.74, 6) is -1.45. The first-order chi connectivity index (χ1) is 12.6. The number of hydrogen-bond donors (Lipinski definition) is 2. The Morgan fingerprint density at radius 1 is 1.00 bits per heavy atom. The number of carbonyl (C=O) groups is 2. The topological polar surface area (TPSA) is 88.7 Å². The van der Waals surface area contributed by atoms with Gasteiger partial charge >= 0.3 is 5.97 Å². The van der Waals surface area contributed by atoms with Gasteiger partial charge in [0.05, 0.1) is 12.2 Å². The van der Waals surface area contributed by atoms with Gasteiger partial charge in [0, 0.05) is 17.5 Å². The molecule has 127 valence electrons. The Morgan fingerprint density at radius 3 is 2.58 bits per heavy atom. The largest absolute Gasteiger partial charge is 0.478 e. The third kappa shape index (κ3) is 2.64. The Hall–Kier alpha value is -3.44. The second-order valence-corrected chi connectivity index (χ2v) is 6.09. The van der Waals surface area contributed by atoms with E-state index >= 15 is 0 Å². The lowest BCUT2D eigenvalue weighted by molar-refractivity contribution is -0.114. The van der Waals surface area contributed by atoms with Gasteiger partial charge in [0.15, 0.2) is 0 Å². The molecule has 5 heteroatoms. The maximum absolute atomic E-state index is 11.7. The molecule has 0 aromatic heterocycles. The molecule has 0 saturated carbocycles. The normalized spacial score (nSPS) is 12.7. The molecule has 5 nitrogen and oxygen atoms in total. The smallest absolute Gasteiger partial charge is 0.336 e. The monoisotopic (exact) mass is 344 g/mol. The average Bonchev–Trinajstić information content (AvgIpc) is 2.66. The number of aliphatic hydroxyl groups excluding tert-OH is 1. The molecular weight excluding hydrogens is 330 g/mol. The van der Waals surface area contributed by atoms with Crippen LogP contribution in [0.4, 0.5) is 0 Å². The Bertz CT molecular complexity index is 1190. The molecule has 1 aliphatic rings. The minimum Gasteiger partial charge on any atom is -0.478 e. The van der Waals surface area contributed by atoms with Crippen molar-refractivity contribution < 1.29 is 19.8 Å². The van der Waals surface area contributed by atoms with E-state index in [-0.39, 0.29) is 12.2 Å². The summed E-state index contributed by atoms with van der Waals surface area (Å²) >= 11 is 0. The van der Waals surface area contributed by atoms with E-state index in [2.05, 4.69) is 5.32 Å². The van der Waals surface area contributed by atoms with Crippen LogP contribution in [0.2, 0.25) is 0 Å². The van der Waals surface area contributed by atoms with Gasteiger partial charge in [-0.3, -0.25) is 4.79 Å². The number of fused-ring (bicyclic) bond motifs is 3. The summed E-state index contributed by atoms with van der Waals surface area (Å²) in [7, 11) is 0. The first-order valence-corrected chi connectivity index (χ1v) is 8.04. The van der Waals surface area contributed by atoms with E-state index in [1.807, 2.05) is 36.4 Å². The summed E-state index contributed by atoms with van der Waals surface area (Å²) in [6, 6.07) is 14.5. The fraction of sp³-hybridized carbons (Fsp3) is 0.0476. The van der Waals surface area contributed by atoms with Gasteiger partial charge in [0.25, 0.3) is 5.91 Å². The third-order valence-electron chi connectivity index (χ3n) is 4.48. The molecule has 0 bridgehead atoms. The maximum atomic E-state index is 11.7. The second-order valence-electron chi connectivity index (χ2n) is 6.09. The Kier molecular flexibility index (Phi) is 3.78. The Morgan fingerprint density at radius 2 is 1.81 bits per heavy atom. The summed E-state index contributed by atoms with van der Waals surface area (Å²) in [4.78, 5) is 23.2. The number of nitrogens with zero attached hydrogens (tertiary/aromatic N) is 1. The maximum Gasteiger partial charge on any atom is 0.336 e. The van der Waals surface area contributed by atoms with Crippen molar-refractivity contribution in [3.8, 4) is 11.1 Å². The molecule has 2 N–H and O–H groups in total. The number of aliphatic hydroxyl groups is 1. The van der Waals surface area contributed by atoms with Crippen LogP contribution in [0, 0.1) is 0 Å². The van der Waals surface area contributed by atoms with E-state index in [9.17, 15) is 19.8 Å². The first-order valence-electron chi connectivity index (χ1n) is 8.04. The number of carboxylic acid groups (broad SMARTS) is 1. The van der Waals surface area contributed by atoms with Gasteiger partial charge in [0.1, 0.15) is 0 Å². The van der Waals surface area contributed by atoms with E-state index in [0.717, 1.165) is 27.3 Å². The lowest BCUT2D eigenvalue weighted by Crippen LogP contribution is -2.34. The Labute approximate surface area is 148 Å². The highest BCUT2D eigenvalue weighted by molar-refractivity contribution is 6.10. The molecule has 0 saturated heterocycles. The van der Waals surface area contributed by atoms with E-state index in [0.29, 0.717) is 10.6 Å². The van der Waals surface area contributed by atoms with Gasteiger partial charge in [-0.05, 0) is 50.9 Å². The summed E-state index contributed by atoms with van der Waals surface area (Å²) in [5.41, 5.74) is 2.75. The molecule has 1 heterocycles. The van der Waals surface area contributed by atoms with Crippen molar-refractivity contribution in [3.63, 3.8) is 0 Å². The molecule has 0 fully saturated rings. The molecule has 1 amide bonds. The first kappa shape index (κ1) is 16.1. The molecule has 0 aliphatic carbocycles.